The number of aliphatic hydroxyl groups is 1. The molecule has 0 aliphatic heterocycles. The molecule has 0 amide bonds. The van der Waals surface area contributed by atoms with Gasteiger partial charge in [-0.3, -0.25) is 0 Å². The van der Waals surface area contributed by atoms with Gasteiger partial charge in [0.1, 0.15) is 12.7 Å². The summed E-state index contributed by atoms with van der Waals surface area (Å²) in [6.07, 6.45) is 2.30. The molecular formula is C7H8O2. The number of rotatable bonds is 2. The molecule has 0 aromatic rings. The summed E-state index contributed by atoms with van der Waals surface area (Å²) < 4.78 is 4.57. The summed E-state index contributed by atoms with van der Waals surface area (Å²) in [6, 6.07) is 0. The molecule has 0 unspecified atom stereocenters. The lowest BCUT2D eigenvalue weighted by Crippen LogP contribution is -1.92. The van der Waals surface area contributed by atoms with E-state index in [1.165, 1.54) is 0 Å². The largest absolute Gasteiger partial charge is 0.443 e. The number of ether oxygens (including phenoxy) is 1. The van der Waals surface area contributed by atoms with Crippen molar-refractivity contribution < 1.29 is 9.84 Å². The maximum atomic E-state index is 8.19. The number of aliphatic hydroxyl groups excluding tert-OH is 1. The van der Waals surface area contributed by atoms with Crippen LogP contribution in [0.15, 0.2) is 0 Å². The molecule has 2 heteroatoms. The van der Waals surface area contributed by atoms with E-state index in [4.69, 9.17) is 5.11 Å². The lowest BCUT2D eigenvalue weighted by molar-refractivity contribution is 0.180. The first kappa shape index (κ1) is 7.88. The molecule has 0 aromatic heterocycles. The van der Waals surface area contributed by atoms with Crippen molar-refractivity contribution in [3.8, 4) is 23.9 Å². The Labute approximate surface area is 54.8 Å². The minimum absolute atomic E-state index is 0.00572. The van der Waals surface area contributed by atoms with Crippen LogP contribution in [0, 0.1) is 23.9 Å². The van der Waals surface area contributed by atoms with Gasteiger partial charge in [-0.25, -0.2) is 0 Å². The molecule has 0 aliphatic rings. The number of hydrogen-bond acceptors (Lipinski definition) is 2. The van der Waals surface area contributed by atoms with E-state index < -0.39 is 0 Å². The van der Waals surface area contributed by atoms with Gasteiger partial charge in [-0.15, -0.1) is 0 Å². The molecule has 0 saturated carbocycles. The van der Waals surface area contributed by atoms with Crippen LogP contribution in [0.5, 0.6) is 0 Å². The summed E-state index contributed by atoms with van der Waals surface area (Å²) in [6.45, 7) is 1.94. The molecule has 0 saturated heterocycles. The van der Waals surface area contributed by atoms with Crippen LogP contribution in [0.3, 0.4) is 0 Å². The van der Waals surface area contributed by atoms with Crippen LogP contribution in [0.4, 0.5) is 0 Å². The monoisotopic (exact) mass is 124 g/mol. The van der Waals surface area contributed by atoms with E-state index >= 15 is 0 Å². The second-order valence-electron chi connectivity index (χ2n) is 1.17. The lowest BCUT2D eigenvalue weighted by Gasteiger charge is -1.86. The molecule has 0 radical (unpaired) electrons. The molecule has 0 aliphatic carbocycles. The summed E-state index contributed by atoms with van der Waals surface area (Å²) in [5.41, 5.74) is 0. The van der Waals surface area contributed by atoms with Gasteiger partial charge in [0.25, 0.3) is 0 Å². The zero-order chi connectivity index (χ0) is 6.95. The smallest absolute Gasteiger partial charge is 0.124 e. The van der Waals surface area contributed by atoms with Crippen LogP contribution in [0.1, 0.15) is 6.92 Å². The molecule has 0 bridgehead atoms. The van der Waals surface area contributed by atoms with Crippen molar-refractivity contribution in [1.82, 2.24) is 0 Å². The SMILES string of the molecule is CC#CC#COCCO. The first-order valence-electron chi connectivity index (χ1n) is 2.56. The van der Waals surface area contributed by atoms with Crippen LogP contribution in [0.2, 0.25) is 0 Å². The molecule has 0 fully saturated rings. The van der Waals surface area contributed by atoms with E-state index in [-0.39, 0.29) is 13.2 Å². The van der Waals surface area contributed by atoms with E-state index in [1.54, 1.807) is 6.92 Å². The Morgan fingerprint density at radius 1 is 1.44 bits per heavy atom. The normalized spacial score (nSPS) is 6.00. The average Bonchev–Trinajstić information content (AvgIpc) is 1.89. The minimum Gasteiger partial charge on any atom is -0.443 e. The molecular weight excluding hydrogens is 116 g/mol. The quantitative estimate of drug-likeness (QED) is 0.414. The molecule has 0 heterocycles. The highest BCUT2D eigenvalue weighted by atomic mass is 16.5. The molecule has 1 N–H and O–H groups in total. The predicted molar refractivity (Wildman–Crippen MR) is 34.3 cm³/mol. The van der Waals surface area contributed by atoms with Crippen LogP contribution in [-0.4, -0.2) is 18.3 Å². The van der Waals surface area contributed by atoms with Crippen molar-refractivity contribution in [2.45, 2.75) is 6.92 Å². The Morgan fingerprint density at radius 2 is 2.22 bits per heavy atom. The van der Waals surface area contributed by atoms with Gasteiger partial charge in [0, 0.05) is 5.92 Å². The molecule has 0 atom stereocenters. The summed E-state index contributed by atoms with van der Waals surface area (Å²) in [5.74, 6) is 7.49. The summed E-state index contributed by atoms with van der Waals surface area (Å²) in [7, 11) is 0. The summed E-state index contributed by atoms with van der Waals surface area (Å²) in [4.78, 5) is 0. The predicted octanol–water partition coefficient (Wildman–Crippen LogP) is -0.0205. The fourth-order valence-corrected chi connectivity index (χ4v) is 0.221. The lowest BCUT2D eigenvalue weighted by atomic mass is 10.6. The van der Waals surface area contributed by atoms with Gasteiger partial charge in [-0.05, 0) is 12.8 Å². The van der Waals surface area contributed by atoms with Crippen LogP contribution < -0.4 is 0 Å². The van der Waals surface area contributed by atoms with Crippen molar-refractivity contribution in [2.24, 2.45) is 0 Å². The third-order valence-electron chi connectivity index (χ3n) is 0.504. The van der Waals surface area contributed by atoms with Gasteiger partial charge in [0.15, 0.2) is 0 Å². The molecule has 0 rings (SSSR count). The van der Waals surface area contributed by atoms with E-state index in [9.17, 15) is 0 Å². The Morgan fingerprint density at radius 3 is 2.78 bits per heavy atom. The Hall–Kier alpha value is -1.12. The maximum absolute atomic E-state index is 8.19. The first-order valence-corrected chi connectivity index (χ1v) is 2.56. The van der Waals surface area contributed by atoms with Crippen molar-refractivity contribution in [3.63, 3.8) is 0 Å². The van der Waals surface area contributed by atoms with E-state index in [1.807, 2.05) is 0 Å². The van der Waals surface area contributed by atoms with Crippen molar-refractivity contribution >= 4 is 0 Å². The van der Waals surface area contributed by atoms with Crippen molar-refractivity contribution in [2.75, 3.05) is 13.2 Å². The fourth-order valence-electron chi connectivity index (χ4n) is 0.221. The van der Waals surface area contributed by atoms with Crippen molar-refractivity contribution in [1.29, 1.82) is 0 Å². The van der Waals surface area contributed by atoms with Crippen LogP contribution in [-0.2, 0) is 4.74 Å². The zero-order valence-corrected chi connectivity index (χ0v) is 5.27. The minimum atomic E-state index is -0.00572. The third kappa shape index (κ3) is 6.88. The fraction of sp³-hybridized carbons (Fsp3) is 0.429. The van der Waals surface area contributed by atoms with Crippen LogP contribution in [0.25, 0.3) is 0 Å². The molecule has 9 heavy (non-hydrogen) atoms. The van der Waals surface area contributed by atoms with Gasteiger partial charge in [0.05, 0.1) is 6.61 Å². The Bertz CT molecular complexity index is 163. The number of hydrogen-bond donors (Lipinski definition) is 1. The highest BCUT2D eigenvalue weighted by molar-refractivity contribution is 5.22. The first-order chi connectivity index (χ1) is 4.41. The van der Waals surface area contributed by atoms with Crippen LogP contribution >= 0.6 is 0 Å². The topological polar surface area (TPSA) is 29.5 Å². The zero-order valence-electron chi connectivity index (χ0n) is 5.27. The highest BCUT2D eigenvalue weighted by Gasteiger charge is 1.72. The van der Waals surface area contributed by atoms with Crippen molar-refractivity contribution in [3.05, 3.63) is 0 Å². The molecule has 0 aromatic carbocycles. The van der Waals surface area contributed by atoms with Gasteiger partial charge >= 0.3 is 0 Å². The highest BCUT2D eigenvalue weighted by Crippen LogP contribution is 1.65. The average molecular weight is 124 g/mol. The van der Waals surface area contributed by atoms with Gasteiger partial charge in [-0.2, -0.15) is 0 Å². The van der Waals surface area contributed by atoms with E-state index in [2.05, 4.69) is 28.6 Å². The third-order valence-corrected chi connectivity index (χ3v) is 0.504. The second-order valence-corrected chi connectivity index (χ2v) is 1.17. The van der Waals surface area contributed by atoms with E-state index in [0.29, 0.717) is 0 Å². The Kier molecular flexibility index (Phi) is 6.02. The summed E-state index contributed by atoms with van der Waals surface area (Å²) >= 11 is 0. The van der Waals surface area contributed by atoms with Gasteiger partial charge in [-0.1, -0.05) is 5.92 Å². The van der Waals surface area contributed by atoms with Gasteiger partial charge in [0.2, 0.25) is 0 Å². The molecule has 48 valence electrons. The maximum Gasteiger partial charge on any atom is 0.124 e. The summed E-state index contributed by atoms with van der Waals surface area (Å²) in [5, 5.41) is 8.19. The molecule has 2 nitrogen and oxygen atoms in total. The Balaban J connectivity index is 3.23. The van der Waals surface area contributed by atoms with Gasteiger partial charge < -0.3 is 9.84 Å². The van der Waals surface area contributed by atoms with E-state index in [0.717, 1.165) is 0 Å². The standard InChI is InChI=1S/C7H8O2/c1-2-3-4-6-9-7-5-8/h8H,5,7H2,1H3. The second kappa shape index (κ2) is 6.88. The molecule has 0 spiro atoms.